The van der Waals surface area contributed by atoms with Crippen molar-refractivity contribution in [3.05, 3.63) is 175 Å². The van der Waals surface area contributed by atoms with Gasteiger partial charge in [-0.15, -0.1) is 0 Å². The van der Waals surface area contributed by atoms with E-state index in [0.717, 1.165) is 0 Å². The van der Waals surface area contributed by atoms with Crippen LogP contribution in [0.25, 0.3) is 72.0 Å². The van der Waals surface area contributed by atoms with E-state index in [1.54, 1.807) is 0 Å². The van der Waals surface area contributed by atoms with Gasteiger partial charge < -0.3 is 4.57 Å². The monoisotopic (exact) mass is 587 g/mol. The summed E-state index contributed by atoms with van der Waals surface area (Å²) in [6.45, 7) is 4.72. The van der Waals surface area contributed by atoms with E-state index in [1.165, 1.54) is 83.1 Å². The molecule has 0 saturated carbocycles. The van der Waals surface area contributed by atoms with Crippen LogP contribution in [0, 0.1) is 0 Å². The third kappa shape index (κ3) is 4.09. The molecule has 0 spiro atoms. The van der Waals surface area contributed by atoms with Gasteiger partial charge in [0.15, 0.2) is 0 Å². The van der Waals surface area contributed by atoms with Crippen LogP contribution in [0.4, 0.5) is 0 Å². The first-order valence-corrected chi connectivity index (χ1v) is 16.1. The van der Waals surface area contributed by atoms with E-state index >= 15 is 0 Å². The molecule has 0 unspecified atom stereocenters. The number of fused-ring (bicyclic) bond motifs is 6. The van der Waals surface area contributed by atoms with Gasteiger partial charge in [0.2, 0.25) is 0 Å². The maximum absolute atomic E-state index is 2.46. The van der Waals surface area contributed by atoms with Gasteiger partial charge in [0.25, 0.3) is 0 Å². The largest absolute Gasteiger partial charge is 0.309 e. The predicted molar refractivity (Wildman–Crippen MR) is 195 cm³/mol. The van der Waals surface area contributed by atoms with Gasteiger partial charge in [-0.25, -0.2) is 0 Å². The highest BCUT2D eigenvalue weighted by molar-refractivity contribution is 6.11. The zero-order valence-electron chi connectivity index (χ0n) is 26.0. The lowest BCUT2D eigenvalue weighted by Gasteiger charge is -2.21. The molecule has 1 heteroatoms. The Kier molecular flexibility index (Phi) is 5.92. The second kappa shape index (κ2) is 10.2. The fourth-order valence-electron chi connectivity index (χ4n) is 7.65. The van der Waals surface area contributed by atoms with E-state index < -0.39 is 0 Å². The Morgan fingerprint density at radius 3 is 1.67 bits per heavy atom. The lowest BCUT2D eigenvalue weighted by Crippen LogP contribution is -2.14. The van der Waals surface area contributed by atoms with E-state index in [-0.39, 0.29) is 5.41 Å². The van der Waals surface area contributed by atoms with Crippen molar-refractivity contribution in [1.29, 1.82) is 0 Å². The molecule has 0 N–H and O–H groups in total. The Hall–Kier alpha value is -5.66. The van der Waals surface area contributed by atoms with Crippen LogP contribution in [0.5, 0.6) is 0 Å². The number of para-hydroxylation sites is 1. The van der Waals surface area contributed by atoms with E-state index in [0.29, 0.717) is 0 Å². The van der Waals surface area contributed by atoms with Gasteiger partial charge in [0.1, 0.15) is 0 Å². The van der Waals surface area contributed by atoms with Crippen LogP contribution >= 0.6 is 0 Å². The van der Waals surface area contributed by atoms with Gasteiger partial charge in [-0.05, 0) is 98.1 Å². The molecule has 0 fully saturated rings. The Labute approximate surface area is 270 Å². The highest BCUT2D eigenvalue weighted by Gasteiger charge is 2.36. The molecule has 0 saturated heterocycles. The van der Waals surface area contributed by atoms with Gasteiger partial charge in [-0.2, -0.15) is 0 Å². The van der Waals surface area contributed by atoms with Crippen LogP contribution in [-0.4, -0.2) is 4.57 Å². The average Bonchev–Trinajstić information content (AvgIpc) is 3.56. The number of hydrogen-bond donors (Lipinski definition) is 0. The smallest absolute Gasteiger partial charge is 0.0544 e. The zero-order chi connectivity index (χ0) is 30.8. The van der Waals surface area contributed by atoms with E-state index in [1.807, 2.05) is 0 Å². The summed E-state index contributed by atoms with van der Waals surface area (Å²) >= 11 is 0. The summed E-state index contributed by atoms with van der Waals surface area (Å²) in [5, 5.41) is 2.58. The van der Waals surface area contributed by atoms with Crippen molar-refractivity contribution in [1.82, 2.24) is 4.57 Å². The molecule has 1 aliphatic carbocycles. The molecule has 0 amide bonds. The minimum atomic E-state index is -0.0541. The summed E-state index contributed by atoms with van der Waals surface area (Å²) in [6, 6.07) is 60.0. The van der Waals surface area contributed by atoms with Crippen LogP contribution < -0.4 is 0 Å². The van der Waals surface area contributed by atoms with E-state index in [9.17, 15) is 0 Å². The van der Waals surface area contributed by atoms with Crippen molar-refractivity contribution in [2.24, 2.45) is 0 Å². The summed E-state index contributed by atoms with van der Waals surface area (Å²) in [7, 11) is 0. The second-order valence-corrected chi connectivity index (χ2v) is 13.0. The van der Waals surface area contributed by atoms with Crippen molar-refractivity contribution >= 4 is 21.8 Å². The third-order valence-corrected chi connectivity index (χ3v) is 9.98. The van der Waals surface area contributed by atoms with Gasteiger partial charge in [-0.3, -0.25) is 0 Å². The first-order chi connectivity index (χ1) is 22.6. The third-order valence-electron chi connectivity index (χ3n) is 9.98. The molecule has 8 aromatic rings. The topological polar surface area (TPSA) is 4.93 Å². The molecule has 1 heterocycles. The lowest BCUT2D eigenvalue weighted by molar-refractivity contribution is 0.661. The van der Waals surface area contributed by atoms with Gasteiger partial charge in [-0.1, -0.05) is 135 Å². The fourth-order valence-corrected chi connectivity index (χ4v) is 7.65. The summed E-state index contributed by atoms with van der Waals surface area (Å²) < 4.78 is 2.46. The fraction of sp³-hybridized carbons (Fsp3) is 0.0667. The van der Waals surface area contributed by atoms with Crippen LogP contribution in [0.2, 0.25) is 0 Å². The number of aromatic nitrogens is 1. The molecular weight excluding hydrogens is 555 g/mol. The van der Waals surface area contributed by atoms with Gasteiger partial charge in [0, 0.05) is 21.9 Å². The minimum absolute atomic E-state index is 0.0541. The molecule has 1 aromatic heterocycles. The molecule has 9 rings (SSSR count). The van der Waals surface area contributed by atoms with Crippen molar-refractivity contribution in [3.63, 3.8) is 0 Å². The SMILES string of the molecule is CC1(C)c2ccccc2-c2cc3c4ccccc4n(-c4cccc(-c5cccc(-c6cccc(-c7ccccc7)c6)c5)c4)c3cc21. The van der Waals surface area contributed by atoms with Gasteiger partial charge in [0.05, 0.1) is 11.0 Å². The molecule has 1 nitrogen and oxygen atoms in total. The van der Waals surface area contributed by atoms with Crippen LogP contribution in [-0.2, 0) is 5.41 Å². The highest BCUT2D eigenvalue weighted by atomic mass is 15.0. The second-order valence-electron chi connectivity index (χ2n) is 13.0. The van der Waals surface area contributed by atoms with Crippen molar-refractivity contribution < 1.29 is 0 Å². The molecule has 0 atom stereocenters. The standard InChI is InChI=1S/C45H33N/c1-45(2)41-23-8-6-21-37(41)39-28-40-38-22-7-9-24-43(38)46(44(40)29-42(39)45)36-20-12-19-35(27-36)34-18-11-17-33(26-34)32-16-10-15-31(25-32)30-13-4-3-5-14-30/h3-29H,1-2H3. The van der Waals surface area contributed by atoms with Crippen molar-refractivity contribution in [3.8, 4) is 50.2 Å². The van der Waals surface area contributed by atoms with Crippen LogP contribution in [0.1, 0.15) is 25.0 Å². The number of rotatable bonds is 4. The van der Waals surface area contributed by atoms with Crippen LogP contribution in [0.15, 0.2) is 164 Å². The lowest BCUT2D eigenvalue weighted by atomic mass is 9.82. The highest BCUT2D eigenvalue weighted by Crippen LogP contribution is 2.51. The Bertz CT molecular complexity index is 2440. The maximum atomic E-state index is 2.46. The predicted octanol–water partition coefficient (Wildman–Crippen LogP) is 12.1. The number of benzene rings is 7. The molecule has 46 heavy (non-hydrogen) atoms. The Morgan fingerprint density at radius 2 is 0.935 bits per heavy atom. The first kappa shape index (κ1) is 26.7. The molecule has 0 radical (unpaired) electrons. The summed E-state index contributed by atoms with van der Waals surface area (Å²) in [5.74, 6) is 0. The molecule has 0 aliphatic heterocycles. The number of nitrogens with zero attached hydrogens (tertiary/aromatic N) is 1. The Morgan fingerprint density at radius 1 is 0.370 bits per heavy atom. The normalized spacial score (nSPS) is 13.2. The van der Waals surface area contributed by atoms with Gasteiger partial charge >= 0.3 is 0 Å². The van der Waals surface area contributed by atoms with Crippen LogP contribution in [0.3, 0.4) is 0 Å². The summed E-state index contributed by atoms with van der Waals surface area (Å²) in [5.41, 5.74) is 16.4. The van der Waals surface area contributed by atoms with E-state index in [4.69, 9.17) is 0 Å². The molecular formula is C45H33N. The average molecular weight is 588 g/mol. The van der Waals surface area contributed by atoms with Crippen molar-refractivity contribution in [2.45, 2.75) is 19.3 Å². The molecule has 0 bridgehead atoms. The summed E-state index contributed by atoms with van der Waals surface area (Å²) in [4.78, 5) is 0. The van der Waals surface area contributed by atoms with Crippen molar-refractivity contribution in [2.75, 3.05) is 0 Å². The molecule has 1 aliphatic rings. The quantitative estimate of drug-likeness (QED) is 0.193. The van der Waals surface area contributed by atoms with E-state index in [2.05, 4.69) is 182 Å². The maximum Gasteiger partial charge on any atom is 0.0544 e. The first-order valence-electron chi connectivity index (χ1n) is 16.1. The zero-order valence-corrected chi connectivity index (χ0v) is 26.0. The minimum Gasteiger partial charge on any atom is -0.309 e. The number of hydrogen-bond acceptors (Lipinski definition) is 0. The molecule has 7 aromatic carbocycles. The summed E-state index contributed by atoms with van der Waals surface area (Å²) in [6.07, 6.45) is 0. The Balaban J connectivity index is 1.18. The molecule has 218 valence electrons.